The molecule has 6 aliphatic rings. The summed E-state index contributed by atoms with van der Waals surface area (Å²) in [5, 5.41) is 19.8. The molecule has 6 saturated heterocycles. The molecule has 6 aliphatic heterocycles. The maximum atomic E-state index is 5.11. The monoisotopic (exact) mass is 703 g/mol. The molecule has 6 heterocycles. The summed E-state index contributed by atoms with van der Waals surface area (Å²) in [7, 11) is 8.79. The third-order valence-electron chi connectivity index (χ3n) is 9.91. The van der Waals surface area contributed by atoms with E-state index in [2.05, 4.69) is 38.8 Å². The molecular formula is C38H82N6O5. The average Bonchev–Trinajstić information content (AvgIpc) is 3.74. The maximum absolute atomic E-state index is 5.11. The number of hydrogen-bond donors (Lipinski definition) is 6. The van der Waals surface area contributed by atoms with E-state index in [0.717, 1.165) is 76.3 Å². The van der Waals surface area contributed by atoms with Gasteiger partial charge in [-0.25, -0.2) is 0 Å². The molecule has 0 radical (unpaired) electrons. The van der Waals surface area contributed by atoms with Crippen LogP contribution in [0.4, 0.5) is 0 Å². The smallest absolute Gasteiger partial charge is 0.0616 e. The summed E-state index contributed by atoms with van der Waals surface area (Å²) in [6.45, 7) is 18.7. The summed E-state index contributed by atoms with van der Waals surface area (Å²) >= 11 is 0. The Kier molecular flexibility index (Phi) is 32.9. The van der Waals surface area contributed by atoms with Crippen LogP contribution in [0.5, 0.6) is 0 Å². The summed E-state index contributed by atoms with van der Waals surface area (Å²) in [4.78, 5) is 0. The van der Waals surface area contributed by atoms with Gasteiger partial charge in [0.25, 0.3) is 0 Å². The van der Waals surface area contributed by atoms with Gasteiger partial charge in [0.05, 0.1) is 26.4 Å². The zero-order valence-electron chi connectivity index (χ0n) is 32.9. The van der Waals surface area contributed by atoms with Gasteiger partial charge in [-0.1, -0.05) is 19.8 Å². The van der Waals surface area contributed by atoms with E-state index < -0.39 is 0 Å². The fourth-order valence-corrected chi connectivity index (χ4v) is 6.66. The minimum absolute atomic E-state index is 0.639. The molecule has 11 nitrogen and oxygen atoms in total. The lowest BCUT2D eigenvalue weighted by molar-refractivity contribution is 0.124. The lowest BCUT2D eigenvalue weighted by Crippen LogP contribution is -2.45. The van der Waals surface area contributed by atoms with Gasteiger partial charge in [-0.2, -0.15) is 0 Å². The molecule has 0 bridgehead atoms. The molecule has 0 saturated carbocycles. The van der Waals surface area contributed by atoms with Crippen LogP contribution in [0.1, 0.15) is 77.6 Å². The molecule has 6 N–H and O–H groups in total. The van der Waals surface area contributed by atoms with Gasteiger partial charge in [-0.3, -0.25) is 0 Å². The van der Waals surface area contributed by atoms with Gasteiger partial charge in [-0.15, -0.1) is 0 Å². The molecule has 11 heteroatoms. The fraction of sp³-hybridized carbons (Fsp3) is 1.00. The number of piperidine rings is 1. The predicted molar refractivity (Wildman–Crippen MR) is 205 cm³/mol. The molecule has 0 spiro atoms. The molecule has 294 valence electrons. The number of ether oxygens (including phenoxy) is 5. The highest BCUT2D eigenvalue weighted by Crippen LogP contribution is 2.17. The van der Waals surface area contributed by atoms with Crippen molar-refractivity contribution < 1.29 is 23.7 Å². The van der Waals surface area contributed by atoms with Crippen LogP contribution < -0.4 is 31.9 Å². The Bertz CT molecular complexity index is 614. The lowest BCUT2D eigenvalue weighted by Gasteiger charge is -2.26. The zero-order chi connectivity index (χ0) is 35.6. The normalized spacial score (nSPS) is 26.6. The van der Waals surface area contributed by atoms with Crippen molar-refractivity contribution in [2.45, 2.75) is 89.6 Å². The van der Waals surface area contributed by atoms with Gasteiger partial charge in [0, 0.05) is 79.8 Å². The Labute approximate surface area is 302 Å². The SMILES string of the molecule is CCCC1CCNCC1.COCC1CCCN1.COCC1CCCNCC1.COCC1CCN1.COCC1CCNC1.COCC1CNC1. The predicted octanol–water partition coefficient (Wildman–Crippen LogP) is 3.28. The van der Waals surface area contributed by atoms with Crippen molar-refractivity contribution in [1.29, 1.82) is 0 Å². The molecule has 6 fully saturated rings. The standard InChI is InChI=1S/C8H17NO.C8H17N.2C6H13NO.2C5H11NO/c1-10-7-8-3-2-5-9-6-4-8;1-2-3-8-4-6-9-7-5-8;1-8-5-6-2-3-7-4-6;1-8-5-6-3-2-4-7-6;1-7-4-5-2-6-3-5;1-7-4-5-2-3-6-5/h8-9H,2-7H2,1H3;8-9H,2-7H2,1H3;2*6-7H,2-5H2,1H3;2*5-6H,2-4H2,1H3. The van der Waals surface area contributed by atoms with Gasteiger partial charge in [-0.05, 0) is 121 Å². The van der Waals surface area contributed by atoms with Gasteiger partial charge in [0.1, 0.15) is 0 Å². The Morgan fingerprint density at radius 1 is 0.408 bits per heavy atom. The number of rotatable bonds is 12. The highest BCUT2D eigenvalue weighted by atomic mass is 16.5. The summed E-state index contributed by atoms with van der Waals surface area (Å²) in [5.41, 5.74) is 0. The van der Waals surface area contributed by atoms with Gasteiger partial charge in [0.15, 0.2) is 0 Å². The number of nitrogens with one attached hydrogen (secondary N) is 6. The Balaban J connectivity index is 0.000000295. The average molecular weight is 703 g/mol. The van der Waals surface area contributed by atoms with E-state index >= 15 is 0 Å². The van der Waals surface area contributed by atoms with Crippen molar-refractivity contribution >= 4 is 0 Å². The molecule has 49 heavy (non-hydrogen) atoms. The minimum Gasteiger partial charge on any atom is -0.384 e. The molecule has 0 aliphatic carbocycles. The van der Waals surface area contributed by atoms with Crippen molar-refractivity contribution in [3.8, 4) is 0 Å². The van der Waals surface area contributed by atoms with Crippen LogP contribution in [0.15, 0.2) is 0 Å². The van der Waals surface area contributed by atoms with Crippen LogP contribution in [0.2, 0.25) is 0 Å². The second-order valence-corrected chi connectivity index (χ2v) is 14.4. The van der Waals surface area contributed by atoms with Crippen LogP contribution in [0.25, 0.3) is 0 Å². The number of hydrogen-bond acceptors (Lipinski definition) is 11. The van der Waals surface area contributed by atoms with Crippen LogP contribution in [0, 0.1) is 23.7 Å². The maximum Gasteiger partial charge on any atom is 0.0616 e. The molecule has 0 aromatic heterocycles. The highest BCUT2D eigenvalue weighted by molar-refractivity contribution is 4.76. The van der Waals surface area contributed by atoms with Crippen molar-refractivity contribution in [2.24, 2.45) is 23.7 Å². The summed E-state index contributed by atoms with van der Waals surface area (Å²) < 4.78 is 24.8. The third kappa shape index (κ3) is 26.9. The van der Waals surface area contributed by atoms with Crippen molar-refractivity contribution in [2.75, 3.05) is 134 Å². The molecule has 6 rings (SSSR count). The van der Waals surface area contributed by atoms with Crippen molar-refractivity contribution in [3.05, 3.63) is 0 Å². The van der Waals surface area contributed by atoms with Crippen LogP contribution >= 0.6 is 0 Å². The topological polar surface area (TPSA) is 118 Å². The molecule has 0 amide bonds. The van der Waals surface area contributed by atoms with E-state index in [0.29, 0.717) is 12.1 Å². The first kappa shape index (κ1) is 46.6. The Morgan fingerprint density at radius 2 is 0.898 bits per heavy atom. The van der Waals surface area contributed by atoms with Crippen LogP contribution in [0.3, 0.4) is 0 Å². The van der Waals surface area contributed by atoms with Crippen molar-refractivity contribution in [1.82, 2.24) is 31.9 Å². The first-order chi connectivity index (χ1) is 24.1. The van der Waals surface area contributed by atoms with Crippen LogP contribution in [-0.4, -0.2) is 146 Å². The lowest BCUT2D eigenvalue weighted by atomic mass is 9.94. The molecular weight excluding hydrogens is 620 g/mol. The first-order valence-electron chi connectivity index (χ1n) is 19.8. The van der Waals surface area contributed by atoms with E-state index in [9.17, 15) is 0 Å². The van der Waals surface area contributed by atoms with Gasteiger partial charge in [0.2, 0.25) is 0 Å². The summed E-state index contributed by atoms with van der Waals surface area (Å²) in [6.07, 6.45) is 14.7. The second-order valence-electron chi connectivity index (χ2n) is 14.4. The van der Waals surface area contributed by atoms with E-state index in [4.69, 9.17) is 23.7 Å². The van der Waals surface area contributed by atoms with E-state index in [1.54, 1.807) is 35.5 Å². The molecule has 4 unspecified atom stereocenters. The minimum atomic E-state index is 0.639. The van der Waals surface area contributed by atoms with E-state index in [1.165, 1.54) is 116 Å². The van der Waals surface area contributed by atoms with E-state index in [-0.39, 0.29) is 0 Å². The Hall–Kier alpha value is -0.440. The van der Waals surface area contributed by atoms with Crippen LogP contribution in [-0.2, 0) is 23.7 Å². The highest BCUT2D eigenvalue weighted by Gasteiger charge is 2.16. The van der Waals surface area contributed by atoms with E-state index in [1.807, 2.05) is 0 Å². The zero-order valence-corrected chi connectivity index (χ0v) is 32.9. The Morgan fingerprint density at radius 3 is 1.35 bits per heavy atom. The molecule has 0 aromatic carbocycles. The fourth-order valence-electron chi connectivity index (χ4n) is 6.66. The quantitative estimate of drug-likeness (QED) is 0.180. The summed E-state index contributed by atoms with van der Waals surface area (Å²) in [5.74, 6) is 3.42. The van der Waals surface area contributed by atoms with Crippen molar-refractivity contribution in [3.63, 3.8) is 0 Å². The van der Waals surface area contributed by atoms with Gasteiger partial charge < -0.3 is 55.6 Å². The molecule has 4 atom stereocenters. The number of methoxy groups -OCH3 is 5. The molecule has 0 aromatic rings. The second kappa shape index (κ2) is 34.6. The largest absolute Gasteiger partial charge is 0.384 e. The first-order valence-corrected chi connectivity index (χ1v) is 19.8. The van der Waals surface area contributed by atoms with Gasteiger partial charge >= 0.3 is 0 Å². The summed E-state index contributed by atoms with van der Waals surface area (Å²) in [6, 6.07) is 1.30. The third-order valence-corrected chi connectivity index (χ3v) is 9.91.